The van der Waals surface area contributed by atoms with Crippen LogP contribution in [0.5, 0.6) is 0 Å². The first-order valence-electron chi connectivity index (χ1n) is 7.11. The van der Waals surface area contributed by atoms with Gasteiger partial charge in [-0.25, -0.2) is 0 Å². The Hall–Kier alpha value is -0.570. The van der Waals surface area contributed by atoms with E-state index in [0.29, 0.717) is 11.9 Å². The normalized spacial score (nSPS) is 38.4. The summed E-state index contributed by atoms with van der Waals surface area (Å²) in [5, 5.41) is 3.36. The zero-order valence-electron chi connectivity index (χ0n) is 11.5. The van der Waals surface area contributed by atoms with E-state index in [4.69, 9.17) is 0 Å². The van der Waals surface area contributed by atoms with Gasteiger partial charge in [0.2, 0.25) is 5.91 Å². The van der Waals surface area contributed by atoms with Gasteiger partial charge in [0.25, 0.3) is 0 Å². The summed E-state index contributed by atoms with van der Waals surface area (Å²) in [6.45, 7) is 9.49. The zero-order chi connectivity index (χ0) is 12.5. The molecule has 2 aliphatic rings. The van der Waals surface area contributed by atoms with E-state index in [1.807, 2.05) is 0 Å². The third-order valence-corrected chi connectivity index (χ3v) is 4.77. The molecule has 0 aliphatic carbocycles. The van der Waals surface area contributed by atoms with Crippen molar-refractivity contribution in [1.82, 2.24) is 10.2 Å². The second kappa shape index (κ2) is 4.97. The van der Waals surface area contributed by atoms with E-state index in [1.54, 1.807) is 0 Å². The van der Waals surface area contributed by atoms with Crippen LogP contribution in [-0.4, -0.2) is 36.5 Å². The molecule has 0 bridgehead atoms. The Kier molecular flexibility index (Phi) is 3.76. The molecule has 2 heterocycles. The van der Waals surface area contributed by atoms with E-state index >= 15 is 0 Å². The fourth-order valence-corrected chi connectivity index (χ4v) is 3.39. The molecule has 0 spiro atoms. The Morgan fingerprint density at radius 3 is 2.76 bits per heavy atom. The third-order valence-electron chi connectivity index (χ3n) is 4.77. The molecule has 2 aliphatic heterocycles. The first-order valence-corrected chi connectivity index (χ1v) is 7.11. The Bertz CT molecular complexity index is 284. The van der Waals surface area contributed by atoms with Crippen molar-refractivity contribution >= 4 is 5.91 Å². The van der Waals surface area contributed by atoms with Crippen molar-refractivity contribution in [3.8, 4) is 0 Å². The number of carbonyl (C=O) groups excluding carboxylic acids is 1. The number of hydrogen-bond donors (Lipinski definition) is 1. The van der Waals surface area contributed by atoms with Crippen LogP contribution in [0.1, 0.15) is 46.5 Å². The van der Waals surface area contributed by atoms with Crippen molar-refractivity contribution in [3.05, 3.63) is 0 Å². The molecule has 0 aromatic rings. The molecule has 3 nitrogen and oxygen atoms in total. The van der Waals surface area contributed by atoms with Crippen LogP contribution in [0.4, 0.5) is 0 Å². The summed E-state index contributed by atoms with van der Waals surface area (Å²) >= 11 is 0. The third kappa shape index (κ3) is 2.35. The molecule has 3 heteroatoms. The maximum atomic E-state index is 12.8. The van der Waals surface area contributed by atoms with Gasteiger partial charge in [0.15, 0.2) is 0 Å². The molecular formula is C14H26N2O. The van der Waals surface area contributed by atoms with Gasteiger partial charge in [-0.1, -0.05) is 13.8 Å². The van der Waals surface area contributed by atoms with E-state index in [-0.39, 0.29) is 5.41 Å². The monoisotopic (exact) mass is 238 g/mol. The average Bonchev–Trinajstić information content (AvgIpc) is 2.78. The van der Waals surface area contributed by atoms with E-state index in [2.05, 4.69) is 31.0 Å². The summed E-state index contributed by atoms with van der Waals surface area (Å²) in [7, 11) is 0. The number of carbonyl (C=O) groups is 1. The van der Waals surface area contributed by atoms with E-state index in [1.165, 1.54) is 12.8 Å². The highest BCUT2D eigenvalue weighted by molar-refractivity contribution is 5.83. The predicted octanol–water partition coefficient (Wildman–Crippen LogP) is 2.02. The fraction of sp³-hybridized carbons (Fsp3) is 0.929. The molecule has 3 unspecified atom stereocenters. The van der Waals surface area contributed by atoms with Crippen molar-refractivity contribution in [2.45, 2.75) is 52.5 Å². The maximum Gasteiger partial charge on any atom is 0.230 e. The highest BCUT2D eigenvalue weighted by atomic mass is 16.2. The SMILES string of the molecule is CCC1(C(=O)N2CCC(C)CC2C)CCNC1. The lowest BCUT2D eigenvalue weighted by molar-refractivity contribution is -0.145. The van der Waals surface area contributed by atoms with Gasteiger partial charge in [-0.05, 0) is 45.1 Å². The lowest BCUT2D eigenvalue weighted by Crippen LogP contribution is -2.51. The molecule has 2 saturated heterocycles. The van der Waals surface area contributed by atoms with Crippen LogP contribution in [0.3, 0.4) is 0 Å². The molecule has 0 aromatic heterocycles. The van der Waals surface area contributed by atoms with Crippen molar-refractivity contribution in [2.24, 2.45) is 11.3 Å². The van der Waals surface area contributed by atoms with Gasteiger partial charge in [0.1, 0.15) is 0 Å². The first-order chi connectivity index (χ1) is 8.09. The van der Waals surface area contributed by atoms with Crippen molar-refractivity contribution in [1.29, 1.82) is 0 Å². The quantitative estimate of drug-likeness (QED) is 0.798. The minimum absolute atomic E-state index is 0.102. The van der Waals surface area contributed by atoms with E-state index in [9.17, 15) is 4.79 Å². The average molecular weight is 238 g/mol. The molecule has 2 rings (SSSR count). The van der Waals surface area contributed by atoms with Gasteiger partial charge < -0.3 is 10.2 Å². The summed E-state index contributed by atoms with van der Waals surface area (Å²) in [6, 6.07) is 0.426. The Labute approximate surface area is 105 Å². The number of likely N-dealkylation sites (tertiary alicyclic amines) is 1. The van der Waals surface area contributed by atoms with E-state index < -0.39 is 0 Å². The maximum absolute atomic E-state index is 12.8. The molecule has 2 fully saturated rings. The molecule has 17 heavy (non-hydrogen) atoms. The summed E-state index contributed by atoms with van der Waals surface area (Å²) < 4.78 is 0. The summed E-state index contributed by atoms with van der Waals surface area (Å²) in [6.07, 6.45) is 4.32. The van der Waals surface area contributed by atoms with Crippen LogP contribution in [-0.2, 0) is 4.79 Å². The van der Waals surface area contributed by atoms with Crippen LogP contribution in [0.25, 0.3) is 0 Å². The molecule has 3 atom stereocenters. The minimum atomic E-state index is -0.102. The Morgan fingerprint density at radius 2 is 2.24 bits per heavy atom. The van der Waals surface area contributed by atoms with Gasteiger partial charge in [-0.3, -0.25) is 4.79 Å². The fourth-order valence-electron chi connectivity index (χ4n) is 3.39. The number of nitrogens with zero attached hydrogens (tertiary/aromatic N) is 1. The predicted molar refractivity (Wildman–Crippen MR) is 69.8 cm³/mol. The van der Waals surface area contributed by atoms with Gasteiger partial charge >= 0.3 is 0 Å². The Morgan fingerprint density at radius 1 is 1.47 bits per heavy atom. The highest BCUT2D eigenvalue weighted by Gasteiger charge is 2.43. The standard InChI is InChI=1S/C14H26N2O/c1-4-14(6-7-15-10-14)13(17)16-8-5-11(2)9-12(16)3/h11-12,15H,4-10H2,1-3H3. The molecular weight excluding hydrogens is 212 g/mol. The first kappa shape index (κ1) is 12.9. The summed E-state index contributed by atoms with van der Waals surface area (Å²) in [4.78, 5) is 14.9. The molecule has 98 valence electrons. The largest absolute Gasteiger partial charge is 0.339 e. The second-order valence-electron chi connectivity index (χ2n) is 6.04. The number of piperidine rings is 1. The summed E-state index contributed by atoms with van der Waals surface area (Å²) in [5.74, 6) is 1.18. The van der Waals surface area contributed by atoms with Crippen LogP contribution in [0, 0.1) is 11.3 Å². The van der Waals surface area contributed by atoms with Crippen LogP contribution in [0.15, 0.2) is 0 Å². The molecule has 1 N–H and O–H groups in total. The minimum Gasteiger partial charge on any atom is -0.339 e. The van der Waals surface area contributed by atoms with Gasteiger partial charge in [0, 0.05) is 19.1 Å². The van der Waals surface area contributed by atoms with Crippen LogP contribution < -0.4 is 5.32 Å². The van der Waals surface area contributed by atoms with Gasteiger partial charge in [-0.15, -0.1) is 0 Å². The lowest BCUT2D eigenvalue weighted by atomic mass is 9.81. The van der Waals surface area contributed by atoms with Gasteiger partial charge in [-0.2, -0.15) is 0 Å². The van der Waals surface area contributed by atoms with Crippen molar-refractivity contribution < 1.29 is 4.79 Å². The number of rotatable bonds is 2. The highest BCUT2D eigenvalue weighted by Crippen LogP contribution is 2.34. The van der Waals surface area contributed by atoms with Crippen LogP contribution >= 0.6 is 0 Å². The Balaban J connectivity index is 2.08. The molecule has 0 aromatic carbocycles. The number of nitrogens with one attached hydrogen (secondary N) is 1. The van der Waals surface area contributed by atoms with Crippen molar-refractivity contribution in [3.63, 3.8) is 0 Å². The van der Waals surface area contributed by atoms with Crippen LogP contribution in [0.2, 0.25) is 0 Å². The zero-order valence-corrected chi connectivity index (χ0v) is 11.5. The number of amides is 1. The van der Waals surface area contributed by atoms with E-state index in [0.717, 1.165) is 38.4 Å². The lowest BCUT2D eigenvalue weighted by Gasteiger charge is -2.41. The number of hydrogen-bond acceptors (Lipinski definition) is 2. The van der Waals surface area contributed by atoms with Crippen molar-refractivity contribution in [2.75, 3.05) is 19.6 Å². The van der Waals surface area contributed by atoms with Gasteiger partial charge in [0.05, 0.1) is 5.41 Å². The summed E-state index contributed by atoms with van der Waals surface area (Å²) in [5.41, 5.74) is -0.102. The smallest absolute Gasteiger partial charge is 0.230 e. The molecule has 1 amide bonds. The molecule has 0 radical (unpaired) electrons. The molecule has 0 saturated carbocycles. The topological polar surface area (TPSA) is 32.3 Å². The second-order valence-corrected chi connectivity index (χ2v) is 6.04.